The minimum atomic E-state index is -0.284. The van der Waals surface area contributed by atoms with Crippen molar-refractivity contribution in [2.24, 2.45) is 0 Å². The van der Waals surface area contributed by atoms with Gasteiger partial charge in [0.25, 0.3) is 11.1 Å². The lowest BCUT2D eigenvalue weighted by atomic mass is 10.1. The Kier molecular flexibility index (Phi) is 6.84. The van der Waals surface area contributed by atoms with E-state index in [1.807, 2.05) is 76.2 Å². The second-order valence-electron chi connectivity index (χ2n) is 8.31. The van der Waals surface area contributed by atoms with Crippen molar-refractivity contribution in [3.8, 4) is 17.2 Å². The summed E-state index contributed by atoms with van der Waals surface area (Å²) in [7, 11) is 1.64. The summed E-state index contributed by atoms with van der Waals surface area (Å²) >= 11 is 0.970. The summed E-state index contributed by atoms with van der Waals surface area (Å²) < 4.78 is 13.2. The number of carbonyl (C=O) groups excluding carboxylic acids is 2. The zero-order valence-electron chi connectivity index (χ0n) is 20.0. The van der Waals surface area contributed by atoms with Gasteiger partial charge in [0, 0.05) is 17.1 Å². The maximum atomic E-state index is 13.0. The van der Waals surface area contributed by atoms with Crippen molar-refractivity contribution in [1.29, 1.82) is 0 Å². The Balaban J connectivity index is 1.49. The van der Waals surface area contributed by atoms with Crippen molar-refractivity contribution in [2.75, 3.05) is 20.3 Å². The average molecular weight is 477 g/mol. The number of aryl methyl sites for hydroxylation is 3. The predicted octanol–water partition coefficient (Wildman–Crippen LogP) is 5.83. The van der Waals surface area contributed by atoms with Crippen LogP contribution in [0.3, 0.4) is 0 Å². The zero-order chi connectivity index (χ0) is 24.4. The highest BCUT2D eigenvalue weighted by molar-refractivity contribution is 8.18. The van der Waals surface area contributed by atoms with Gasteiger partial charge in [-0.2, -0.15) is 0 Å². The van der Waals surface area contributed by atoms with Crippen molar-refractivity contribution in [2.45, 2.75) is 27.7 Å². The number of hydrogen-bond donors (Lipinski definition) is 0. The standard InChI is InChI=1S/C27H28N2O4S/c1-17-6-7-18(2)24(14-17)33-13-12-28-26(30)25(34-27(28)31)16-21-15-19(3)29(20(21)4)22-8-10-23(32-5)11-9-22/h6-11,14-16H,12-13H2,1-5H3/b25-16-. The van der Waals surface area contributed by atoms with Crippen LogP contribution in [0.1, 0.15) is 28.1 Å². The molecule has 4 rings (SSSR count). The van der Waals surface area contributed by atoms with Crippen LogP contribution in [0.25, 0.3) is 11.8 Å². The summed E-state index contributed by atoms with van der Waals surface area (Å²) in [4.78, 5) is 27.2. The van der Waals surface area contributed by atoms with Gasteiger partial charge in [-0.05, 0) is 98.6 Å². The van der Waals surface area contributed by atoms with Crippen molar-refractivity contribution >= 4 is 29.0 Å². The van der Waals surface area contributed by atoms with Gasteiger partial charge in [-0.15, -0.1) is 0 Å². The zero-order valence-corrected chi connectivity index (χ0v) is 20.9. The maximum absolute atomic E-state index is 13.0. The molecule has 2 aromatic carbocycles. The quantitative estimate of drug-likeness (QED) is 0.401. The fourth-order valence-electron chi connectivity index (χ4n) is 4.01. The molecule has 0 spiro atoms. The topological polar surface area (TPSA) is 60.8 Å². The predicted molar refractivity (Wildman–Crippen MR) is 136 cm³/mol. The molecule has 7 heteroatoms. The van der Waals surface area contributed by atoms with Crippen LogP contribution in [-0.4, -0.2) is 40.9 Å². The summed E-state index contributed by atoms with van der Waals surface area (Å²) in [6.45, 7) is 8.46. The Hall–Kier alpha value is -3.45. The van der Waals surface area contributed by atoms with Crippen LogP contribution in [0.4, 0.5) is 4.79 Å². The normalized spacial score (nSPS) is 14.9. The number of thioether (sulfide) groups is 1. The molecule has 0 radical (unpaired) electrons. The monoisotopic (exact) mass is 476 g/mol. The van der Waals surface area contributed by atoms with Crippen LogP contribution >= 0.6 is 11.8 Å². The van der Waals surface area contributed by atoms with Crippen LogP contribution in [0.15, 0.2) is 53.4 Å². The molecule has 1 aromatic heterocycles. The number of nitrogens with zero attached hydrogens (tertiary/aromatic N) is 2. The lowest BCUT2D eigenvalue weighted by Crippen LogP contribution is -2.32. The van der Waals surface area contributed by atoms with E-state index in [0.29, 0.717) is 4.91 Å². The molecule has 0 bridgehead atoms. The van der Waals surface area contributed by atoms with Gasteiger partial charge >= 0.3 is 0 Å². The lowest BCUT2D eigenvalue weighted by molar-refractivity contribution is -0.123. The van der Waals surface area contributed by atoms with Crippen molar-refractivity contribution in [3.05, 3.63) is 81.5 Å². The minimum Gasteiger partial charge on any atom is -0.497 e. The highest BCUT2D eigenvalue weighted by Gasteiger charge is 2.35. The Bertz CT molecular complexity index is 1270. The van der Waals surface area contributed by atoms with Gasteiger partial charge in [-0.25, -0.2) is 0 Å². The van der Waals surface area contributed by atoms with Gasteiger partial charge < -0.3 is 14.0 Å². The van der Waals surface area contributed by atoms with Crippen LogP contribution in [0, 0.1) is 27.7 Å². The number of rotatable bonds is 7. The maximum Gasteiger partial charge on any atom is 0.293 e. The molecule has 0 unspecified atom stereocenters. The Morgan fingerprint density at radius 3 is 2.41 bits per heavy atom. The Morgan fingerprint density at radius 1 is 0.971 bits per heavy atom. The van der Waals surface area contributed by atoms with E-state index in [1.54, 1.807) is 13.2 Å². The fourth-order valence-corrected chi connectivity index (χ4v) is 4.86. The Morgan fingerprint density at radius 2 is 1.71 bits per heavy atom. The van der Waals surface area contributed by atoms with Gasteiger partial charge in [0.1, 0.15) is 18.1 Å². The lowest BCUT2D eigenvalue weighted by Gasteiger charge is -2.14. The molecule has 6 nitrogen and oxygen atoms in total. The highest BCUT2D eigenvalue weighted by atomic mass is 32.2. The summed E-state index contributed by atoms with van der Waals surface area (Å²) in [5, 5.41) is -0.273. The molecule has 0 N–H and O–H groups in total. The number of carbonyl (C=O) groups is 2. The molecular formula is C27H28N2O4S. The van der Waals surface area contributed by atoms with Crippen molar-refractivity contribution in [1.82, 2.24) is 9.47 Å². The number of benzene rings is 2. The number of hydrogen-bond acceptors (Lipinski definition) is 5. The van der Waals surface area contributed by atoms with Crippen LogP contribution in [0.2, 0.25) is 0 Å². The largest absolute Gasteiger partial charge is 0.497 e. The first-order valence-corrected chi connectivity index (χ1v) is 11.9. The van der Waals surface area contributed by atoms with E-state index in [2.05, 4.69) is 4.57 Å². The summed E-state index contributed by atoms with van der Waals surface area (Å²) in [6, 6.07) is 15.8. The number of imide groups is 1. The van der Waals surface area contributed by atoms with Crippen LogP contribution in [0.5, 0.6) is 11.5 Å². The molecule has 1 fully saturated rings. The molecule has 1 saturated heterocycles. The average Bonchev–Trinajstić information content (AvgIpc) is 3.25. The third-order valence-electron chi connectivity index (χ3n) is 5.88. The Labute approximate surface area is 204 Å². The first-order chi connectivity index (χ1) is 16.3. The van der Waals surface area contributed by atoms with Gasteiger partial charge in [-0.1, -0.05) is 12.1 Å². The smallest absolute Gasteiger partial charge is 0.293 e. The first kappa shape index (κ1) is 23.7. The summed E-state index contributed by atoms with van der Waals surface area (Å²) in [5.41, 5.74) is 6.06. The third-order valence-corrected chi connectivity index (χ3v) is 6.78. The molecule has 0 aliphatic carbocycles. The summed E-state index contributed by atoms with van der Waals surface area (Å²) in [6.07, 6.45) is 1.80. The first-order valence-electron chi connectivity index (χ1n) is 11.1. The van der Waals surface area contributed by atoms with Crippen LogP contribution < -0.4 is 9.47 Å². The van der Waals surface area contributed by atoms with Crippen molar-refractivity contribution in [3.63, 3.8) is 0 Å². The van der Waals surface area contributed by atoms with E-state index < -0.39 is 0 Å². The second kappa shape index (κ2) is 9.81. The minimum absolute atomic E-state index is 0.209. The number of methoxy groups -OCH3 is 1. The second-order valence-corrected chi connectivity index (χ2v) is 9.30. The fraction of sp³-hybridized carbons (Fsp3) is 0.259. The van der Waals surface area contributed by atoms with E-state index in [9.17, 15) is 9.59 Å². The van der Waals surface area contributed by atoms with Gasteiger partial charge in [-0.3, -0.25) is 14.5 Å². The number of aromatic nitrogens is 1. The summed E-state index contributed by atoms with van der Waals surface area (Å²) in [5.74, 6) is 1.28. The van der Waals surface area contributed by atoms with E-state index >= 15 is 0 Å². The number of ether oxygens (including phenoxy) is 2. The molecule has 176 valence electrons. The van der Waals surface area contributed by atoms with E-state index in [-0.39, 0.29) is 24.3 Å². The molecule has 1 aliphatic heterocycles. The van der Waals surface area contributed by atoms with Crippen molar-refractivity contribution < 1.29 is 19.1 Å². The third kappa shape index (κ3) is 4.75. The molecule has 34 heavy (non-hydrogen) atoms. The number of amides is 2. The van der Waals surface area contributed by atoms with Gasteiger partial charge in [0.2, 0.25) is 0 Å². The van der Waals surface area contributed by atoms with E-state index in [4.69, 9.17) is 9.47 Å². The molecule has 0 saturated carbocycles. The van der Waals surface area contributed by atoms with Gasteiger partial charge in [0.05, 0.1) is 18.6 Å². The molecule has 0 atom stereocenters. The highest BCUT2D eigenvalue weighted by Crippen LogP contribution is 2.34. The van der Waals surface area contributed by atoms with E-state index in [1.165, 1.54) is 4.90 Å². The molecule has 3 aromatic rings. The van der Waals surface area contributed by atoms with Gasteiger partial charge in [0.15, 0.2) is 0 Å². The molecular weight excluding hydrogens is 448 g/mol. The molecule has 2 heterocycles. The molecule has 1 aliphatic rings. The SMILES string of the molecule is COc1ccc(-n2c(C)cc(/C=C3\SC(=O)N(CCOc4cc(C)ccc4C)C3=O)c2C)cc1. The van der Waals surface area contributed by atoms with E-state index in [0.717, 1.165) is 57.0 Å². The molecule has 2 amide bonds. The van der Waals surface area contributed by atoms with Crippen LogP contribution in [-0.2, 0) is 4.79 Å².